The van der Waals surface area contributed by atoms with Crippen LogP contribution in [0, 0.1) is 5.92 Å². The standard InChI is InChI=1S/C16H27NS/c1-2-10-17-16-6-4-3-5-14(12-16)7-8-15-9-11-18-13-15/h9,11,13-14,16-17H,2-8,10,12H2,1H3. The third-order valence-electron chi connectivity index (χ3n) is 4.14. The van der Waals surface area contributed by atoms with Crippen LogP contribution in [0.1, 0.15) is 57.4 Å². The average Bonchev–Trinajstić information content (AvgIpc) is 2.80. The Morgan fingerprint density at radius 2 is 2.22 bits per heavy atom. The van der Waals surface area contributed by atoms with E-state index in [9.17, 15) is 0 Å². The van der Waals surface area contributed by atoms with E-state index in [1.165, 1.54) is 57.9 Å². The molecule has 102 valence electrons. The first-order valence-corrected chi connectivity index (χ1v) is 8.57. The van der Waals surface area contributed by atoms with E-state index in [4.69, 9.17) is 0 Å². The second kappa shape index (κ2) is 7.96. The van der Waals surface area contributed by atoms with E-state index < -0.39 is 0 Å². The van der Waals surface area contributed by atoms with Crippen LogP contribution in [0.2, 0.25) is 0 Å². The fraction of sp³-hybridized carbons (Fsp3) is 0.750. The molecule has 1 aliphatic carbocycles. The van der Waals surface area contributed by atoms with Crippen molar-refractivity contribution in [2.45, 2.75) is 64.3 Å². The van der Waals surface area contributed by atoms with E-state index in [-0.39, 0.29) is 0 Å². The molecule has 18 heavy (non-hydrogen) atoms. The predicted molar refractivity (Wildman–Crippen MR) is 81.3 cm³/mol. The van der Waals surface area contributed by atoms with Gasteiger partial charge < -0.3 is 5.32 Å². The fourth-order valence-corrected chi connectivity index (χ4v) is 3.77. The lowest BCUT2D eigenvalue weighted by atomic mass is 9.92. The third-order valence-corrected chi connectivity index (χ3v) is 4.87. The minimum atomic E-state index is 0.792. The summed E-state index contributed by atoms with van der Waals surface area (Å²) in [5, 5.41) is 8.25. The summed E-state index contributed by atoms with van der Waals surface area (Å²) < 4.78 is 0. The molecule has 1 aromatic heterocycles. The molecular formula is C16H27NS. The van der Waals surface area contributed by atoms with Crippen LogP contribution < -0.4 is 5.32 Å². The second-order valence-corrected chi connectivity index (χ2v) is 6.49. The molecule has 1 aromatic rings. The van der Waals surface area contributed by atoms with Gasteiger partial charge in [-0.1, -0.05) is 26.2 Å². The van der Waals surface area contributed by atoms with Crippen LogP contribution in [0.4, 0.5) is 0 Å². The van der Waals surface area contributed by atoms with Gasteiger partial charge in [0.05, 0.1) is 0 Å². The van der Waals surface area contributed by atoms with Crippen molar-refractivity contribution in [2.24, 2.45) is 5.92 Å². The minimum Gasteiger partial charge on any atom is -0.314 e. The second-order valence-electron chi connectivity index (χ2n) is 5.71. The molecule has 1 saturated carbocycles. The molecule has 0 amide bonds. The fourth-order valence-electron chi connectivity index (χ4n) is 3.06. The van der Waals surface area contributed by atoms with Gasteiger partial charge >= 0.3 is 0 Å². The van der Waals surface area contributed by atoms with Crippen LogP contribution in [0.5, 0.6) is 0 Å². The van der Waals surface area contributed by atoms with Gasteiger partial charge in [-0.25, -0.2) is 0 Å². The molecule has 0 aliphatic heterocycles. The van der Waals surface area contributed by atoms with Crippen LogP contribution in [-0.2, 0) is 6.42 Å². The van der Waals surface area contributed by atoms with Crippen molar-refractivity contribution in [3.05, 3.63) is 22.4 Å². The summed E-state index contributed by atoms with van der Waals surface area (Å²) in [6.07, 6.45) is 11.1. The number of hydrogen-bond acceptors (Lipinski definition) is 2. The maximum absolute atomic E-state index is 3.74. The molecule has 0 aromatic carbocycles. The van der Waals surface area contributed by atoms with Crippen molar-refractivity contribution in [3.63, 3.8) is 0 Å². The minimum absolute atomic E-state index is 0.792. The van der Waals surface area contributed by atoms with Crippen molar-refractivity contribution >= 4 is 11.3 Å². The number of nitrogens with one attached hydrogen (secondary N) is 1. The van der Waals surface area contributed by atoms with Crippen molar-refractivity contribution in [2.75, 3.05) is 6.54 Å². The first-order chi connectivity index (χ1) is 8.88. The first kappa shape index (κ1) is 14.1. The molecule has 0 spiro atoms. The van der Waals surface area contributed by atoms with E-state index in [0.29, 0.717) is 0 Å². The van der Waals surface area contributed by atoms with E-state index >= 15 is 0 Å². The molecule has 2 rings (SSSR count). The quantitative estimate of drug-likeness (QED) is 0.740. The zero-order valence-corrected chi connectivity index (χ0v) is 12.5. The van der Waals surface area contributed by atoms with Gasteiger partial charge in [0, 0.05) is 6.04 Å². The Balaban J connectivity index is 1.75. The SMILES string of the molecule is CCCNC1CCCCC(CCc2ccsc2)C1. The molecule has 0 saturated heterocycles. The van der Waals surface area contributed by atoms with Crippen LogP contribution in [0.3, 0.4) is 0 Å². The Kier molecular flexibility index (Phi) is 6.22. The van der Waals surface area contributed by atoms with E-state index in [2.05, 4.69) is 29.1 Å². The Morgan fingerprint density at radius 3 is 3.00 bits per heavy atom. The van der Waals surface area contributed by atoms with Crippen LogP contribution in [-0.4, -0.2) is 12.6 Å². The summed E-state index contributed by atoms with van der Waals surface area (Å²) in [5.74, 6) is 0.946. The number of rotatable bonds is 6. The van der Waals surface area contributed by atoms with E-state index in [0.717, 1.165) is 12.0 Å². The zero-order chi connectivity index (χ0) is 12.6. The van der Waals surface area contributed by atoms with Gasteiger partial charge in [0.15, 0.2) is 0 Å². The Labute approximate surface area is 116 Å². The molecule has 0 radical (unpaired) electrons. The van der Waals surface area contributed by atoms with Crippen molar-refractivity contribution in [3.8, 4) is 0 Å². The van der Waals surface area contributed by atoms with Crippen LogP contribution >= 0.6 is 11.3 Å². The van der Waals surface area contributed by atoms with Crippen molar-refractivity contribution < 1.29 is 0 Å². The molecular weight excluding hydrogens is 238 g/mol. The molecule has 1 N–H and O–H groups in total. The smallest absolute Gasteiger partial charge is 0.00697 e. The summed E-state index contributed by atoms with van der Waals surface area (Å²) in [5.41, 5.74) is 1.54. The molecule has 1 nitrogen and oxygen atoms in total. The van der Waals surface area contributed by atoms with Gasteiger partial charge in [0.2, 0.25) is 0 Å². The lowest BCUT2D eigenvalue weighted by Crippen LogP contribution is -2.30. The molecule has 2 unspecified atom stereocenters. The van der Waals surface area contributed by atoms with E-state index in [1.807, 2.05) is 11.3 Å². The molecule has 1 heterocycles. The topological polar surface area (TPSA) is 12.0 Å². The van der Waals surface area contributed by atoms with Gasteiger partial charge in [-0.05, 0) is 67.0 Å². The van der Waals surface area contributed by atoms with Gasteiger partial charge in [-0.15, -0.1) is 0 Å². The highest BCUT2D eigenvalue weighted by Gasteiger charge is 2.19. The Hall–Kier alpha value is -0.340. The molecule has 1 fully saturated rings. The maximum Gasteiger partial charge on any atom is 0.00697 e. The van der Waals surface area contributed by atoms with Gasteiger partial charge in [-0.2, -0.15) is 11.3 Å². The van der Waals surface area contributed by atoms with E-state index in [1.54, 1.807) is 5.56 Å². The Morgan fingerprint density at radius 1 is 1.33 bits per heavy atom. The summed E-state index contributed by atoms with van der Waals surface area (Å²) in [6, 6.07) is 3.08. The molecule has 2 heteroatoms. The summed E-state index contributed by atoms with van der Waals surface area (Å²) in [4.78, 5) is 0. The monoisotopic (exact) mass is 265 g/mol. The lowest BCUT2D eigenvalue weighted by Gasteiger charge is -2.21. The number of hydrogen-bond donors (Lipinski definition) is 1. The highest BCUT2D eigenvalue weighted by Crippen LogP contribution is 2.27. The predicted octanol–water partition coefficient (Wildman–Crippen LogP) is 4.63. The van der Waals surface area contributed by atoms with Gasteiger partial charge in [-0.3, -0.25) is 0 Å². The third kappa shape index (κ3) is 4.74. The van der Waals surface area contributed by atoms with Crippen LogP contribution in [0.25, 0.3) is 0 Å². The van der Waals surface area contributed by atoms with Crippen LogP contribution in [0.15, 0.2) is 16.8 Å². The molecule has 2 atom stereocenters. The summed E-state index contributed by atoms with van der Waals surface area (Å²) in [6.45, 7) is 3.46. The highest BCUT2D eigenvalue weighted by atomic mass is 32.1. The van der Waals surface area contributed by atoms with Crippen molar-refractivity contribution in [1.29, 1.82) is 0 Å². The van der Waals surface area contributed by atoms with Gasteiger partial charge in [0.25, 0.3) is 0 Å². The highest BCUT2D eigenvalue weighted by molar-refractivity contribution is 7.07. The lowest BCUT2D eigenvalue weighted by molar-refractivity contribution is 0.369. The van der Waals surface area contributed by atoms with Crippen molar-refractivity contribution in [1.82, 2.24) is 5.32 Å². The molecule has 0 bridgehead atoms. The Bertz CT molecular complexity index is 307. The largest absolute Gasteiger partial charge is 0.314 e. The normalized spacial score (nSPS) is 24.9. The zero-order valence-electron chi connectivity index (χ0n) is 11.7. The first-order valence-electron chi connectivity index (χ1n) is 7.63. The maximum atomic E-state index is 3.74. The number of thiophene rings is 1. The summed E-state index contributed by atoms with van der Waals surface area (Å²) in [7, 11) is 0. The molecule has 1 aliphatic rings. The number of aryl methyl sites for hydroxylation is 1. The summed E-state index contributed by atoms with van der Waals surface area (Å²) >= 11 is 1.83. The average molecular weight is 265 g/mol. The van der Waals surface area contributed by atoms with Gasteiger partial charge in [0.1, 0.15) is 0 Å².